The first-order chi connectivity index (χ1) is 7.86. The quantitative estimate of drug-likeness (QED) is 0.839. The van der Waals surface area contributed by atoms with Crippen LogP contribution >= 0.6 is 0 Å². The molecule has 1 atom stereocenters. The fraction of sp³-hybridized carbons (Fsp3) is 0.400. The number of hydrogen-bond acceptors (Lipinski definition) is 2. The molecule has 0 amide bonds. The molecule has 7 heteroatoms. The molecule has 0 heterocycles. The van der Waals surface area contributed by atoms with E-state index >= 15 is 0 Å². The lowest BCUT2D eigenvalue weighted by Crippen LogP contribution is -2.35. The SMILES string of the molecule is NCC(COc1c(F)cccc1F)C(F)(F)F. The van der Waals surface area contributed by atoms with Gasteiger partial charge in [-0.1, -0.05) is 6.07 Å². The standard InChI is InChI=1S/C10H10F5NO/c11-7-2-1-3-8(12)9(7)17-5-6(4-16)10(13,14)15/h1-3,6H,4-5,16H2. The minimum absolute atomic E-state index is 0.709. The zero-order chi connectivity index (χ0) is 13.1. The molecule has 1 aromatic carbocycles. The van der Waals surface area contributed by atoms with Gasteiger partial charge < -0.3 is 10.5 Å². The van der Waals surface area contributed by atoms with Crippen molar-refractivity contribution in [1.82, 2.24) is 0 Å². The summed E-state index contributed by atoms with van der Waals surface area (Å²) in [5.74, 6) is -4.89. The molecule has 0 bridgehead atoms. The van der Waals surface area contributed by atoms with Crippen LogP contribution in [0.25, 0.3) is 0 Å². The molecule has 0 aliphatic rings. The van der Waals surface area contributed by atoms with Gasteiger partial charge in [0.05, 0.1) is 0 Å². The van der Waals surface area contributed by atoms with E-state index < -0.39 is 42.6 Å². The fourth-order valence-corrected chi connectivity index (χ4v) is 1.10. The van der Waals surface area contributed by atoms with E-state index in [-0.39, 0.29) is 0 Å². The highest BCUT2D eigenvalue weighted by Crippen LogP contribution is 2.27. The van der Waals surface area contributed by atoms with Gasteiger partial charge in [-0.15, -0.1) is 0 Å². The molecule has 1 unspecified atom stereocenters. The molecule has 2 nitrogen and oxygen atoms in total. The van der Waals surface area contributed by atoms with Crippen molar-refractivity contribution in [3.05, 3.63) is 29.8 Å². The van der Waals surface area contributed by atoms with Gasteiger partial charge in [0.15, 0.2) is 17.4 Å². The first-order valence-electron chi connectivity index (χ1n) is 4.70. The molecule has 1 rings (SSSR count). The Bertz CT molecular complexity index is 359. The largest absolute Gasteiger partial charge is 0.487 e. The van der Waals surface area contributed by atoms with E-state index in [9.17, 15) is 22.0 Å². The third-order valence-electron chi connectivity index (χ3n) is 2.10. The second kappa shape index (κ2) is 5.31. The van der Waals surface area contributed by atoms with Crippen LogP contribution in [0.15, 0.2) is 18.2 Å². The van der Waals surface area contributed by atoms with Crippen molar-refractivity contribution in [2.24, 2.45) is 11.7 Å². The van der Waals surface area contributed by atoms with Crippen LogP contribution in [0.2, 0.25) is 0 Å². The predicted molar refractivity (Wildman–Crippen MR) is 50.5 cm³/mol. The van der Waals surface area contributed by atoms with Gasteiger partial charge in [-0.05, 0) is 12.1 Å². The third-order valence-corrected chi connectivity index (χ3v) is 2.10. The summed E-state index contributed by atoms with van der Waals surface area (Å²) in [6.45, 7) is -1.63. The highest BCUT2D eigenvalue weighted by molar-refractivity contribution is 5.25. The molecule has 0 fully saturated rings. The molecule has 17 heavy (non-hydrogen) atoms. The molecule has 0 spiro atoms. The lowest BCUT2D eigenvalue weighted by Gasteiger charge is -2.19. The van der Waals surface area contributed by atoms with Crippen LogP contribution in [0.3, 0.4) is 0 Å². The van der Waals surface area contributed by atoms with Crippen molar-refractivity contribution in [3.8, 4) is 5.75 Å². The predicted octanol–water partition coefficient (Wildman–Crippen LogP) is 2.48. The summed E-state index contributed by atoms with van der Waals surface area (Å²) in [7, 11) is 0. The van der Waals surface area contributed by atoms with Gasteiger partial charge in [0, 0.05) is 6.54 Å². The van der Waals surface area contributed by atoms with Crippen LogP contribution in [0.1, 0.15) is 0 Å². The number of halogens is 5. The zero-order valence-corrected chi connectivity index (χ0v) is 8.60. The van der Waals surface area contributed by atoms with E-state index in [1.165, 1.54) is 0 Å². The van der Waals surface area contributed by atoms with Gasteiger partial charge in [0.2, 0.25) is 0 Å². The molecule has 1 aromatic rings. The van der Waals surface area contributed by atoms with Crippen molar-refractivity contribution in [2.45, 2.75) is 6.18 Å². The minimum Gasteiger partial charge on any atom is -0.487 e. The maximum Gasteiger partial charge on any atom is 0.396 e. The molecule has 0 aliphatic carbocycles. The number of benzene rings is 1. The molecule has 0 aromatic heterocycles. The Balaban J connectivity index is 2.73. The van der Waals surface area contributed by atoms with Crippen LogP contribution in [0, 0.1) is 17.6 Å². The third kappa shape index (κ3) is 3.55. The van der Waals surface area contributed by atoms with Crippen molar-refractivity contribution in [2.75, 3.05) is 13.2 Å². The van der Waals surface area contributed by atoms with Crippen molar-refractivity contribution in [1.29, 1.82) is 0 Å². The van der Waals surface area contributed by atoms with E-state index in [2.05, 4.69) is 4.74 Å². The second-order valence-corrected chi connectivity index (χ2v) is 3.34. The Labute approximate surface area is 94.2 Å². The van der Waals surface area contributed by atoms with Gasteiger partial charge in [-0.2, -0.15) is 13.2 Å². The van der Waals surface area contributed by atoms with Crippen molar-refractivity contribution in [3.63, 3.8) is 0 Å². The van der Waals surface area contributed by atoms with Gasteiger partial charge in [0.25, 0.3) is 0 Å². The fourth-order valence-electron chi connectivity index (χ4n) is 1.10. The molecule has 2 N–H and O–H groups in total. The highest BCUT2D eigenvalue weighted by Gasteiger charge is 2.39. The summed E-state index contributed by atoms with van der Waals surface area (Å²) in [6.07, 6.45) is -4.56. The summed E-state index contributed by atoms with van der Waals surface area (Å²) in [4.78, 5) is 0. The Morgan fingerprint density at radius 3 is 2.12 bits per heavy atom. The van der Waals surface area contributed by atoms with E-state index in [0.29, 0.717) is 0 Å². The second-order valence-electron chi connectivity index (χ2n) is 3.34. The van der Waals surface area contributed by atoms with Gasteiger partial charge >= 0.3 is 6.18 Å². The van der Waals surface area contributed by atoms with Crippen molar-refractivity contribution >= 4 is 0 Å². The normalized spacial score (nSPS) is 13.5. The summed E-state index contributed by atoms with van der Waals surface area (Å²) in [5.41, 5.74) is 4.91. The highest BCUT2D eigenvalue weighted by atomic mass is 19.4. The van der Waals surface area contributed by atoms with Crippen LogP contribution in [-0.4, -0.2) is 19.3 Å². The zero-order valence-electron chi connectivity index (χ0n) is 8.60. The number of nitrogens with two attached hydrogens (primary N) is 1. The van der Waals surface area contributed by atoms with E-state index in [1.54, 1.807) is 0 Å². The lowest BCUT2D eigenvalue weighted by atomic mass is 10.1. The number of rotatable bonds is 4. The first-order valence-corrected chi connectivity index (χ1v) is 4.70. The first kappa shape index (κ1) is 13.7. The summed E-state index contributed by atoms with van der Waals surface area (Å²) < 4.78 is 67.4. The molecule has 0 radical (unpaired) electrons. The number of alkyl halides is 3. The van der Waals surface area contributed by atoms with Gasteiger partial charge in [-0.3, -0.25) is 0 Å². The molecule has 96 valence electrons. The van der Waals surface area contributed by atoms with Crippen LogP contribution in [0.5, 0.6) is 5.75 Å². The van der Waals surface area contributed by atoms with Crippen LogP contribution < -0.4 is 10.5 Å². The Morgan fingerprint density at radius 1 is 1.18 bits per heavy atom. The average Bonchev–Trinajstić information content (AvgIpc) is 2.20. The minimum atomic E-state index is -4.56. The monoisotopic (exact) mass is 255 g/mol. The molecule has 0 saturated carbocycles. The Kier molecular flexibility index (Phi) is 4.28. The summed E-state index contributed by atoms with van der Waals surface area (Å²) in [5, 5.41) is 0. The van der Waals surface area contributed by atoms with Crippen LogP contribution in [-0.2, 0) is 0 Å². The molecule has 0 aliphatic heterocycles. The summed E-state index contributed by atoms with van der Waals surface area (Å²) in [6, 6.07) is 2.87. The van der Waals surface area contributed by atoms with E-state index in [1.807, 2.05) is 0 Å². The number of hydrogen-bond donors (Lipinski definition) is 1. The van der Waals surface area contributed by atoms with Gasteiger partial charge in [0.1, 0.15) is 12.5 Å². The van der Waals surface area contributed by atoms with Crippen molar-refractivity contribution < 1.29 is 26.7 Å². The Hall–Kier alpha value is -1.37. The van der Waals surface area contributed by atoms with E-state index in [4.69, 9.17) is 5.73 Å². The number of para-hydroxylation sites is 1. The summed E-state index contributed by atoms with van der Waals surface area (Å²) >= 11 is 0. The topological polar surface area (TPSA) is 35.2 Å². The maximum absolute atomic E-state index is 13.0. The molecular formula is C10H10F5NO. The molecule has 0 saturated heterocycles. The number of ether oxygens (including phenoxy) is 1. The maximum atomic E-state index is 13.0. The van der Waals surface area contributed by atoms with E-state index in [0.717, 1.165) is 18.2 Å². The van der Waals surface area contributed by atoms with Crippen LogP contribution in [0.4, 0.5) is 22.0 Å². The van der Waals surface area contributed by atoms with Gasteiger partial charge in [-0.25, -0.2) is 8.78 Å². The average molecular weight is 255 g/mol. The Morgan fingerprint density at radius 2 is 1.71 bits per heavy atom. The smallest absolute Gasteiger partial charge is 0.396 e. The lowest BCUT2D eigenvalue weighted by molar-refractivity contribution is -0.178. The molecular weight excluding hydrogens is 245 g/mol.